The van der Waals surface area contributed by atoms with Gasteiger partial charge in [-0.2, -0.15) is 0 Å². The Morgan fingerprint density at radius 2 is 1.83 bits per heavy atom. The van der Waals surface area contributed by atoms with Crippen molar-refractivity contribution in [1.82, 2.24) is 10.6 Å². The summed E-state index contributed by atoms with van der Waals surface area (Å²) >= 11 is 8.79. The van der Waals surface area contributed by atoms with E-state index in [1.807, 2.05) is 6.07 Å². The molecule has 0 saturated heterocycles. The fourth-order valence-corrected chi connectivity index (χ4v) is 4.67. The SMILES string of the molecule is CCCCCCOc1ccc(Br)cc1C(=O)NC(=S)Nc1cccc(C(=O)NC2CCCCC2)c1. The highest BCUT2D eigenvalue weighted by Crippen LogP contribution is 2.24. The van der Waals surface area contributed by atoms with Crippen LogP contribution in [0.3, 0.4) is 0 Å². The lowest BCUT2D eigenvalue weighted by molar-refractivity contribution is 0.0926. The fraction of sp³-hybridized carbons (Fsp3) is 0.444. The van der Waals surface area contributed by atoms with Gasteiger partial charge in [0.25, 0.3) is 11.8 Å². The zero-order valence-electron chi connectivity index (χ0n) is 20.2. The van der Waals surface area contributed by atoms with Crippen molar-refractivity contribution < 1.29 is 14.3 Å². The fourth-order valence-electron chi connectivity index (χ4n) is 4.10. The number of unbranched alkanes of at least 4 members (excludes halogenated alkanes) is 3. The van der Waals surface area contributed by atoms with Crippen molar-refractivity contribution in [3.05, 3.63) is 58.1 Å². The van der Waals surface area contributed by atoms with Crippen molar-refractivity contribution in [3.8, 4) is 5.75 Å². The van der Waals surface area contributed by atoms with E-state index in [9.17, 15) is 9.59 Å². The molecule has 0 spiro atoms. The first-order chi connectivity index (χ1) is 17.0. The molecule has 1 saturated carbocycles. The molecule has 8 heteroatoms. The predicted octanol–water partition coefficient (Wildman–Crippen LogP) is 6.60. The first-order valence-electron chi connectivity index (χ1n) is 12.4. The Kier molecular flexibility index (Phi) is 11.0. The van der Waals surface area contributed by atoms with Crippen LogP contribution in [0.4, 0.5) is 5.69 Å². The number of hydrogen-bond acceptors (Lipinski definition) is 4. The van der Waals surface area contributed by atoms with Gasteiger partial charge in [-0.05, 0) is 67.9 Å². The third kappa shape index (κ3) is 8.93. The molecule has 2 aromatic rings. The molecule has 0 unspecified atom stereocenters. The van der Waals surface area contributed by atoms with Gasteiger partial charge in [0, 0.05) is 21.8 Å². The van der Waals surface area contributed by atoms with E-state index in [1.54, 1.807) is 36.4 Å². The summed E-state index contributed by atoms with van der Waals surface area (Å²) in [5.74, 6) is 0.0651. The van der Waals surface area contributed by atoms with Gasteiger partial charge >= 0.3 is 0 Å². The topological polar surface area (TPSA) is 79.5 Å². The molecule has 1 fully saturated rings. The summed E-state index contributed by atoms with van der Waals surface area (Å²) in [7, 11) is 0. The minimum Gasteiger partial charge on any atom is -0.493 e. The largest absolute Gasteiger partial charge is 0.493 e. The van der Waals surface area contributed by atoms with Gasteiger partial charge in [0.05, 0.1) is 12.2 Å². The molecule has 0 aromatic heterocycles. The normalized spacial score (nSPS) is 13.7. The molecule has 2 aromatic carbocycles. The van der Waals surface area contributed by atoms with Gasteiger partial charge in [-0.15, -0.1) is 0 Å². The second kappa shape index (κ2) is 14.2. The molecule has 0 heterocycles. The molecule has 1 aliphatic carbocycles. The minimum atomic E-state index is -0.362. The summed E-state index contributed by atoms with van der Waals surface area (Å²) in [6.45, 7) is 2.72. The van der Waals surface area contributed by atoms with Gasteiger partial charge < -0.3 is 15.4 Å². The number of thiocarbonyl (C=S) groups is 1. The van der Waals surface area contributed by atoms with Gasteiger partial charge in [0.15, 0.2) is 5.11 Å². The highest BCUT2D eigenvalue weighted by atomic mass is 79.9. The molecular formula is C27H34BrN3O3S. The van der Waals surface area contributed by atoms with E-state index in [-0.39, 0.29) is 23.0 Å². The Hall–Kier alpha value is -2.45. The lowest BCUT2D eigenvalue weighted by Crippen LogP contribution is -2.36. The summed E-state index contributed by atoms with van der Waals surface area (Å²) in [6.07, 6.45) is 9.97. The van der Waals surface area contributed by atoms with Crippen molar-refractivity contribution in [1.29, 1.82) is 0 Å². The first-order valence-corrected chi connectivity index (χ1v) is 13.6. The van der Waals surface area contributed by atoms with Crippen molar-refractivity contribution in [3.63, 3.8) is 0 Å². The Morgan fingerprint density at radius 1 is 1.03 bits per heavy atom. The van der Waals surface area contributed by atoms with Gasteiger partial charge in [-0.1, -0.05) is 67.4 Å². The van der Waals surface area contributed by atoms with Crippen LogP contribution in [0.25, 0.3) is 0 Å². The molecule has 3 N–H and O–H groups in total. The highest BCUT2D eigenvalue weighted by Gasteiger charge is 2.18. The Morgan fingerprint density at radius 3 is 2.60 bits per heavy atom. The molecule has 3 rings (SSSR count). The summed E-state index contributed by atoms with van der Waals surface area (Å²) in [5, 5.41) is 8.99. The summed E-state index contributed by atoms with van der Waals surface area (Å²) < 4.78 is 6.65. The van der Waals surface area contributed by atoms with Crippen LogP contribution in [-0.4, -0.2) is 29.6 Å². The summed E-state index contributed by atoms with van der Waals surface area (Å²) in [5.41, 5.74) is 1.59. The van der Waals surface area contributed by atoms with Crippen LogP contribution >= 0.6 is 28.1 Å². The number of benzene rings is 2. The minimum absolute atomic E-state index is 0.0923. The smallest absolute Gasteiger partial charge is 0.261 e. The Labute approximate surface area is 221 Å². The van der Waals surface area contributed by atoms with E-state index in [4.69, 9.17) is 17.0 Å². The van der Waals surface area contributed by atoms with Gasteiger partial charge in [0.1, 0.15) is 5.75 Å². The summed E-state index contributed by atoms with van der Waals surface area (Å²) in [6, 6.07) is 12.7. The van der Waals surface area contributed by atoms with Gasteiger partial charge in [-0.25, -0.2) is 0 Å². The average molecular weight is 561 g/mol. The molecule has 0 radical (unpaired) electrons. The number of anilines is 1. The van der Waals surface area contributed by atoms with Crippen LogP contribution in [0.15, 0.2) is 46.9 Å². The number of nitrogens with one attached hydrogen (secondary N) is 3. The van der Waals surface area contributed by atoms with E-state index in [0.29, 0.717) is 29.2 Å². The molecule has 2 amide bonds. The van der Waals surface area contributed by atoms with Crippen molar-refractivity contribution in [2.75, 3.05) is 11.9 Å². The van der Waals surface area contributed by atoms with E-state index >= 15 is 0 Å². The van der Waals surface area contributed by atoms with Crippen LogP contribution in [0.2, 0.25) is 0 Å². The van der Waals surface area contributed by atoms with Gasteiger partial charge in [-0.3, -0.25) is 14.9 Å². The van der Waals surface area contributed by atoms with Crippen LogP contribution in [0.5, 0.6) is 5.75 Å². The lowest BCUT2D eigenvalue weighted by Gasteiger charge is -2.22. The van der Waals surface area contributed by atoms with Crippen LogP contribution in [0, 0.1) is 0 Å². The molecule has 35 heavy (non-hydrogen) atoms. The standard InChI is InChI=1S/C27H34BrN3O3S/c1-2-3-4-8-16-34-24-15-14-20(28)18-23(24)26(33)31-27(35)30-22-13-9-10-19(17-22)25(32)29-21-11-6-5-7-12-21/h9-10,13-15,17-18,21H,2-8,11-12,16H2,1H3,(H,29,32)(H2,30,31,33,35). The first kappa shape index (κ1) is 27.1. The number of carbonyl (C=O) groups excluding carboxylic acids is 2. The molecule has 0 atom stereocenters. The van der Waals surface area contributed by atoms with Crippen molar-refractivity contribution >= 4 is 50.8 Å². The molecular weight excluding hydrogens is 526 g/mol. The average Bonchev–Trinajstić information content (AvgIpc) is 2.85. The van der Waals surface area contributed by atoms with Gasteiger partial charge in [0.2, 0.25) is 0 Å². The third-order valence-corrected chi connectivity index (χ3v) is 6.69. The highest BCUT2D eigenvalue weighted by molar-refractivity contribution is 9.10. The number of halogens is 1. The molecule has 0 bridgehead atoms. The van der Waals surface area contributed by atoms with E-state index in [2.05, 4.69) is 38.8 Å². The van der Waals surface area contributed by atoms with Crippen LogP contribution < -0.4 is 20.7 Å². The predicted molar refractivity (Wildman–Crippen MR) is 148 cm³/mol. The van der Waals surface area contributed by atoms with Crippen LogP contribution in [0.1, 0.15) is 85.4 Å². The monoisotopic (exact) mass is 559 g/mol. The number of rotatable bonds is 10. The molecule has 0 aliphatic heterocycles. The number of ether oxygens (including phenoxy) is 1. The maximum Gasteiger partial charge on any atom is 0.261 e. The summed E-state index contributed by atoms with van der Waals surface area (Å²) in [4.78, 5) is 25.6. The lowest BCUT2D eigenvalue weighted by atomic mass is 9.95. The number of hydrogen-bond donors (Lipinski definition) is 3. The van der Waals surface area contributed by atoms with Crippen LogP contribution in [-0.2, 0) is 0 Å². The van der Waals surface area contributed by atoms with E-state index in [1.165, 1.54) is 12.8 Å². The maximum atomic E-state index is 12.9. The van der Waals surface area contributed by atoms with Crippen molar-refractivity contribution in [2.24, 2.45) is 0 Å². The second-order valence-corrected chi connectivity index (χ2v) is 10.2. The molecule has 6 nitrogen and oxygen atoms in total. The Bertz CT molecular complexity index is 1020. The molecule has 188 valence electrons. The third-order valence-electron chi connectivity index (χ3n) is 5.99. The van der Waals surface area contributed by atoms with E-state index < -0.39 is 0 Å². The molecule has 1 aliphatic rings. The van der Waals surface area contributed by atoms with Crippen molar-refractivity contribution in [2.45, 2.75) is 70.8 Å². The second-order valence-electron chi connectivity index (χ2n) is 8.85. The van der Waals surface area contributed by atoms with E-state index in [0.717, 1.165) is 49.4 Å². The quantitative estimate of drug-likeness (QED) is 0.226. The number of carbonyl (C=O) groups is 2. The zero-order chi connectivity index (χ0) is 25.0. The Balaban J connectivity index is 1.57. The number of amides is 2. The maximum absolute atomic E-state index is 12.9. The zero-order valence-corrected chi connectivity index (χ0v) is 22.6.